The molecule has 0 saturated carbocycles. The van der Waals surface area contributed by atoms with Crippen LogP contribution in [0.25, 0.3) is 0 Å². The van der Waals surface area contributed by atoms with Crippen molar-refractivity contribution in [3.05, 3.63) is 24.3 Å². The molecule has 1 aromatic rings. The van der Waals surface area contributed by atoms with Crippen molar-refractivity contribution in [3.63, 3.8) is 0 Å². The molecule has 0 spiro atoms. The molecule has 1 atom stereocenters. The zero-order valence-corrected chi connectivity index (χ0v) is 12.4. The van der Waals surface area contributed by atoms with Gasteiger partial charge in [0.15, 0.2) is 0 Å². The topological polar surface area (TPSA) is 0 Å². The monoisotopic (exact) mass is 264 g/mol. The van der Waals surface area contributed by atoms with Crippen LogP contribution in [0.3, 0.4) is 0 Å². The molecule has 1 heterocycles. The van der Waals surface area contributed by atoms with Gasteiger partial charge in [-0.1, -0.05) is 58.1 Å². The van der Waals surface area contributed by atoms with Gasteiger partial charge >= 0.3 is 0 Å². The van der Waals surface area contributed by atoms with E-state index in [0.717, 1.165) is 11.1 Å². The molecule has 1 aliphatic heterocycles. The smallest absolute Gasteiger partial charge is 0.159 e. The molecule has 0 fully saturated rings. The lowest BCUT2D eigenvalue weighted by Crippen LogP contribution is -2.10. The summed E-state index contributed by atoms with van der Waals surface area (Å²) in [5, 5.41) is 0.763. The molecule has 0 aliphatic carbocycles. The van der Waals surface area contributed by atoms with Crippen molar-refractivity contribution < 1.29 is 0 Å². The summed E-state index contributed by atoms with van der Waals surface area (Å²) >= 11 is 4.20. The largest absolute Gasteiger partial charge is 0.288 e. The highest BCUT2D eigenvalue weighted by molar-refractivity contribution is 8.56. The fourth-order valence-corrected chi connectivity index (χ4v) is 5.58. The highest BCUT2D eigenvalue weighted by atomic mass is 32.2. The maximum absolute atomic E-state index is 2.32. The lowest BCUT2D eigenvalue weighted by molar-refractivity contribution is 0.621. The molecule has 1 aromatic carbocycles. The molecule has 0 amide bonds. The third kappa shape index (κ3) is 3.48. The molecule has 0 radical (unpaired) electrons. The van der Waals surface area contributed by atoms with Crippen LogP contribution in [-0.4, -0.2) is 5.27 Å². The number of unbranched alkanes of at least 4 members (excludes halogenated alkanes) is 1. The van der Waals surface area contributed by atoms with Gasteiger partial charge in [0.05, 0.1) is 0 Å². The first-order valence-electron chi connectivity index (χ1n) is 6.77. The first-order chi connectivity index (χ1) is 8.35. The van der Waals surface area contributed by atoms with E-state index in [1.165, 1.54) is 41.9 Å². The standard InChI is InChI=1S/C14H21BS2/c1-3-5-9-12(8-4-2)15-16-13-10-6-7-11-14(13)17-15/h6-7,10-12H,3-5,8-9H2,1-2H3. The number of hydrogen-bond acceptors (Lipinski definition) is 2. The fourth-order valence-electron chi connectivity index (χ4n) is 2.37. The summed E-state index contributed by atoms with van der Waals surface area (Å²) < 4.78 is 0. The highest BCUT2D eigenvalue weighted by Gasteiger charge is 2.33. The SMILES string of the molecule is CCCCC(CCC)B1Sc2ccccc2S1. The molecule has 2 rings (SSSR count). The minimum Gasteiger partial charge on any atom is -0.159 e. The van der Waals surface area contributed by atoms with Gasteiger partial charge in [-0.05, 0) is 17.9 Å². The van der Waals surface area contributed by atoms with Crippen LogP contribution in [0.15, 0.2) is 34.1 Å². The van der Waals surface area contributed by atoms with E-state index in [9.17, 15) is 0 Å². The van der Waals surface area contributed by atoms with Crippen molar-refractivity contribution in [1.82, 2.24) is 0 Å². The maximum atomic E-state index is 2.32. The van der Waals surface area contributed by atoms with Crippen molar-refractivity contribution in [2.24, 2.45) is 0 Å². The van der Waals surface area contributed by atoms with Crippen LogP contribution in [0.2, 0.25) is 5.82 Å². The number of rotatable bonds is 6. The molecule has 0 bridgehead atoms. The number of benzene rings is 1. The van der Waals surface area contributed by atoms with Crippen molar-refractivity contribution in [2.45, 2.75) is 61.6 Å². The summed E-state index contributed by atoms with van der Waals surface area (Å²) in [6, 6.07) is 8.87. The summed E-state index contributed by atoms with van der Waals surface area (Å²) in [6.45, 7) is 4.61. The first-order valence-corrected chi connectivity index (χ1v) is 8.53. The van der Waals surface area contributed by atoms with E-state index in [4.69, 9.17) is 0 Å². The second kappa shape index (κ2) is 6.79. The third-order valence-corrected chi connectivity index (χ3v) is 6.47. The lowest BCUT2D eigenvalue weighted by atomic mass is 9.77. The summed E-state index contributed by atoms with van der Waals surface area (Å²) in [4.78, 5) is 3.00. The van der Waals surface area contributed by atoms with Gasteiger partial charge in [0.1, 0.15) is 0 Å². The normalized spacial score (nSPS) is 16.0. The van der Waals surface area contributed by atoms with Crippen LogP contribution >= 0.6 is 23.2 Å². The van der Waals surface area contributed by atoms with Gasteiger partial charge in [0.2, 0.25) is 0 Å². The van der Waals surface area contributed by atoms with Crippen molar-refractivity contribution >= 4 is 28.5 Å². The molecule has 0 N–H and O–H groups in total. The Kier molecular flexibility index (Phi) is 5.36. The van der Waals surface area contributed by atoms with Crippen LogP contribution in [0, 0.1) is 0 Å². The highest BCUT2D eigenvalue weighted by Crippen LogP contribution is 2.51. The lowest BCUT2D eigenvalue weighted by Gasteiger charge is -2.18. The van der Waals surface area contributed by atoms with Gasteiger partial charge in [0.25, 0.3) is 5.27 Å². The van der Waals surface area contributed by atoms with Crippen LogP contribution in [0.4, 0.5) is 0 Å². The van der Waals surface area contributed by atoms with Crippen LogP contribution in [0.5, 0.6) is 0 Å². The molecule has 1 aliphatic rings. The van der Waals surface area contributed by atoms with E-state index in [0.29, 0.717) is 0 Å². The van der Waals surface area contributed by atoms with E-state index in [1.54, 1.807) is 0 Å². The molecule has 1 unspecified atom stereocenters. The van der Waals surface area contributed by atoms with E-state index < -0.39 is 0 Å². The summed E-state index contributed by atoms with van der Waals surface area (Å²) in [5.74, 6) is 0.891. The zero-order valence-electron chi connectivity index (χ0n) is 10.8. The van der Waals surface area contributed by atoms with Gasteiger partial charge in [-0.15, -0.1) is 0 Å². The average molecular weight is 264 g/mol. The fraction of sp³-hybridized carbons (Fsp3) is 0.571. The van der Waals surface area contributed by atoms with Gasteiger partial charge in [-0.2, -0.15) is 23.2 Å². The zero-order chi connectivity index (χ0) is 12.1. The van der Waals surface area contributed by atoms with Gasteiger partial charge < -0.3 is 0 Å². The second-order valence-corrected chi connectivity index (χ2v) is 7.41. The summed E-state index contributed by atoms with van der Waals surface area (Å²) in [5.41, 5.74) is 0. The summed E-state index contributed by atoms with van der Waals surface area (Å²) in [7, 11) is 0. The molecule has 3 heteroatoms. The Bertz CT molecular complexity index is 329. The number of hydrogen-bond donors (Lipinski definition) is 0. The van der Waals surface area contributed by atoms with E-state index in [1.807, 2.05) is 0 Å². The maximum Gasteiger partial charge on any atom is 0.288 e. The van der Waals surface area contributed by atoms with E-state index in [2.05, 4.69) is 61.3 Å². The predicted molar refractivity (Wildman–Crippen MR) is 82.1 cm³/mol. The Labute approximate surface area is 114 Å². The van der Waals surface area contributed by atoms with E-state index in [-0.39, 0.29) is 0 Å². The van der Waals surface area contributed by atoms with Crippen LogP contribution < -0.4 is 0 Å². The van der Waals surface area contributed by atoms with Gasteiger partial charge in [0, 0.05) is 9.79 Å². The van der Waals surface area contributed by atoms with E-state index >= 15 is 0 Å². The van der Waals surface area contributed by atoms with Gasteiger partial charge in [-0.25, -0.2) is 0 Å². The summed E-state index contributed by atoms with van der Waals surface area (Å²) in [6.07, 6.45) is 6.83. The minimum absolute atomic E-state index is 0.763. The Morgan fingerprint density at radius 2 is 1.65 bits per heavy atom. The molecule has 17 heavy (non-hydrogen) atoms. The Hall–Kier alpha value is -0.0151. The molecule has 92 valence electrons. The number of fused-ring (bicyclic) bond motifs is 1. The van der Waals surface area contributed by atoms with Crippen molar-refractivity contribution in [2.75, 3.05) is 0 Å². The second-order valence-electron chi connectivity index (χ2n) is 4.74. The Morgan fingerprint density at radius 3 is 2.18 bits per heavy atom. The van der Waals surface area contributed by atoms with Crippen molar-refractivity contribution in [3.8, 4) is 0 Å². The van der Waals surface area contributed by atoms with Crippen molar-refractivity contribution in [1.29, 1.82) is 0 Å². The Morgan fingerprint density at radius 1 is 1.00 bits per heavy atom. The minimum atomic E-state index is 0.763. The molecular weight excluding hydrogens is 243 g/mol. The third-order valence-electron chi connectivity index (χ3n) is 3.31. The Balaban J connectivity index is 1.98. The average Bonchev–Trinajstić information content (AvgIpc) is 2.78. The predicted octanol–water partition coefficient (Wildman–Crippen LogP) is 5.73. The quantitative estimate of drug-likeness (QED) is 0.601. The van der Waals surface area contributed by atoms with Gasteiger partial charge in [-0.3, -0.25) is 0 Å². The van der Waals surface area contributed by atoms with Crippen LogP contribution in [-0.2, 0) is 0 Å². The molecule has 0 aromatic heterocycles. The molecule has 0 saturated heterocycles. The first kappa shape index (κ1) is 13.4. The molecule has 0 nitrogen and oxygen atoms in total. The molecular formula is C14H21BS2. The van der Waals surface area contributed by atoms with Crippen LogP contribution in [0.1, 0.15) is 46.0 Å².